The number of rotatable bonds is 18. The highest BCUT2D eigenvalue weighted by atomic mass is 16.6. The number of nitrogens with one attached hydrogen (secondary N) is 3. The fraction of sp³-hybridized carbons (Fsp3) is 0.560. The summed E-state index contributed by atoms with van der Waals surface area (Å²) in [5.41, 5.74) is -0.433. The molecule has 622 valence electrons. The van der Waals surface area contributed by atoms with Crippen molar-refractivity contribution in [1.29, 1.82) is 0 Å². The third-order valence-corrected chi connectivity index (χ3v) is 21.5. The second-order valence-electron chi connectivity index (χ2n) is 28.6. The number of carbonyl (C=O) groups excluding carboxylic acids is 6. The molecule has 38 heteroatoms. The molecule has 0 aliphatic carbocycles. The molecule has 38 nitrogen and oxygen atoms in total. The summed E-state index contributed by atoms with van der Waals surface area (Å²) < 4.78 is 32.9. The number of hydrogen-bond donors (Lipinski definition) is 23. The quantitative estimate of drug-likeness (QED) is 0.0413. The monoisotopic (exact) mass is 1600 g/mol. The van der Waals surface area contributed by atoms with Crippen molar-refractivity contribution in [3.63, 3.8) is 0 Å². The number of ether oxygens (including phenoxy) is 5. The van der Waals surface area contributed by atoms with Gasteiger partial charge in [-0.1, -0.05) is 75.2 Å². The first-order chi connectivity index (χ1) is 53.5. The molecule has 0 spiro atoms. The van der Waals surface area contributed by atoms with Crippen LogP contribution >= 0.6 is 0 Å². The maximum absolute atomic E-state index is 13.6. The van der Waals surface area contributed by atoms with Gasteiger partial charge in [0.25, 0.3) is 11.8 Å². The summed E-state index contributed by atoms with van der Waals surface area (Å²) in [4.78, 5) is 89.1. The Bertz CT molecular complexity index is 4220. The van der Waals surface area contributed by atoms with E-state index in [1.165, 1.54) is 37.8 Å². The molecule has 27 atom stereocenters. The van der Waals surface area contributed by atoms with Crippen molar-refractivity contribution >= 4 is 51.9 Å². The number of hydrazine groups is 1. The number of dihydropyridines is 1. The molecular formula is C75H99N5O33. The third-order valence-electron chi connectivity index (χ3n) is 21.5. The van der Waals surface area contributed by atoms with E-state index in [2.05, 4.69) is 16.0 Å². The molecule has 4 amide bonds. The van der Waals surface area contributed by atoms with Crippen molar-refractivity contribution in [1.82, 2.24) is 21.0 Å². The SMILES string of the molecule is CC(=O)C1=C(C)NC([C@@H]2O[C@H](CO)[C@@H](O)[C@H](O)[C@@H]2O)=C(C(C)=O)C1c1ccccc1.CCC1OC(C2=C(C(C)=O)C([C@H]3O[C@H](CO)[C@@H](O)[C@H](O)[C@@H]3O)NC(=O)N2)C(O)C1O.CCCCC1([C@H]2O[C@H](CO)[C@@H](O)[C@H](O)[C@@H]2O)C(=O)N(C)N(c2ccccc2)C1=O.O=c1ccoc2cc(O)c([C@H]3O[C@H](CO)[C@@H](O)[C@H](O)[C@@H]3O)c(O)c12. The molecule has 0 bridgehead atoms. The number of anilines is 1. The molecule has 3 aromatic carbocycles. The molecule has 23 N–H and O–H groups in total. The Hall–Kier alpha value is -8.21. The number of ketones is 3. The van der Waals surface area contributed by atoms with Crippen LogP contribution in [-0.4, -0.2) is 322 Å². The topological polar surface area (TPSA) is 626 Å². The number of aliphatic hydroxyl groups excluding tert-OH is 18. The standard InChI is InChI=1S/C22H27NO7.C20H28N2O7.C18H28N2O10.C15H16O9/c1-10-15(11(2)25)17(13-7-5-4-6-8-13)16(12(3)26)18(23-10)22-21(29)20(28)19(27)14(9-24)30-22;1-3-4-10-20(17-16(26)15(25)14(24)13(11-23)29-17)18(27)21(2)22(19(20)28)12-8-6-5-7-9-12;1-3-6-11(23)14(26)16(29-6)9-8(5(2)22)10(20-18(28)19-9)17-15(27)13(25)12(24)7(4-21)30-17;16-4-8-11(19)13(21)14(22)15(24-8)10-6(18)3-7-9(12(10)20)5(17)1-2-23-7/h4-8,14,17,19-24,27-29H,9H2,1-3H3;5-9,13-17,23-26H,3-4,10-11H2,1-2H3;6-7,10-17,21,23-27H,3-4H2,1-2H3,(H2,19,20,28);1-3,8,11,13-16,18-22H,4H2/t14-,17?,19-,20+,21+,22+;13-,14-,15+,16+,17+,20?;6?,7-,10?,11?,12-,13+,14?,15+,16?,17-;8-,11-,13+,14+,15-/m1111/s1. The van der Waals surface area contributed by atoms with Crippen molar-refractivity contribution in [3.8, 4) is 11.5 Å². The number of para-hydroxylation sites is 1. The van der Waals surface area contributed by atoms with Gasteiger partial charge in [0.05, 0.1) is 67.5 Å². The van der Waals surface area contributed by atoms with Gasteiger partial charge in [-0.2, -0.15) is 0 Å². The van der Waals surface area contributed by atoms with Gasteiger partial charge in [0.1, 0.15) is 163 Å². The molecule has 6 fully saturated rings. The van der Waals surface area contributed by atoms with E-state index >= 15 is 0 Å². The fourth-order valence-electron chi connectivity index (χ4n) is 15.5. The van der Waals surface area contributed by atoms with Crippen LogP contribution in [0.25, 0.3) is 11.0 Å². The second kappa shape index (κ2) is 37.2. The summed E-state index contributed by atoms with van der Waals surface area (Å²) in [5, 5.41) is 211. The van der Waals surface area contributed by atoms with Crippen LogP contribution in [0.2, 0.25) is 0 Å². The summed E-state index contributed by atoms with van der Waals surface area (Å²) in [5.74, 6) is -4.15. The van der Waals surface area contributed by atoms with Crippen LogP contribution in [0.5, 0.6) is 11.5 Å². The van der Waals surface area contributed by atoms with Crippen molar-refractivity contribution < 1.29 is 159 Å². The molecule has 6 saturated heterocycles. The number of unbranched alkanes of at least 4 members (excludes halogenated alkanes) is 1. The van der Waals surface area contributed by atoms with Crippen LogP contribution in [0, 0.1) is 5.41 Å². The molecule has 0 saturated carbocycles. The highest BCUT2D eigenvalue weighted by molar-refractivity contribution is 6.18. The lowest BCUT2D eigenvalue weighted by Gasteiger charge is -2.45. The second-order valence-corrected chi connectivity index (χ2v) is 28.6. The zero-order chi connectivity index (χ0) is 83.4. The minimum absolute atomic E-state index is 0.0779. The first kappa shape index (κ1) is 88.7. The van der Waals surface area contributed by atoms with Gasteiger partial charge in [0, 0.05) is 47.5 Å². The Labute approximate surface area is 644 Å². The first-order valence-electron chi connectivity index (χ1n) is 36.5. The first-order valence-corrected chi connectivity index (χ1v) is 36.5. The molecule has 113 heavy (non-hydrogen) atoms. The Kier molecular flexibility index (Phi) is 29.2. The zero-order valence-corrected chi connectivity index (χ0v) is 62.3. The number of aliphatic hydroxyl groups is 18. The summed E-state index contributed by atoms with van der Waals surface area (Å²) in [6, 6.07) is 17.7. The van der Waals surface area contributed by atoms with Crippen LogP contribution in [0.4, 0.5) is 10.5 Å². The summed E-state index contributed by atoms with van der Waals surface area (Å²) in [7, 11) is 1.46. The molecule has 9 heterocycles. The lowest BCUT2D eigenvalue weighted by molar-refractivity contribution is -0.251. The Balaban J connectivity index is 0.000000173. The number of phenols is 2. The smallest absolute Gasteiger partial charge is 0.319 e. The normalized spacial score (nSPS) is 36.0. The van der Waals surface area contributed by atoms with Gasteiger partial charge in [-0.05, 0) is 58.2 Å². The number of benzene rings is 3. The number of hydrogen-bond acceptors (Lipinski definition) is 34. The fourth-order valence-corrected chi connectivity index (χ4v) is 15.5. The number of fused-ring (bicyclic) bond motifs is 1. The Morgan fingerprint density at radius 1 is 0.513 bits per heavy atom. The molecule has 4 aromatic rings. The maximum Gasteiger partial charge on any atom is 0.319 e. The largest absolute Gasteiger partial charge is 0.507 e. The van der Waals surface area contributed by atoms with Gasteiger partial charge in [0.2, 0.25) is 0 Å². The van der Waals surface area contributed by atoms with E-state index in [-0.39, 0.29) is 57.1 Å². The molecule has 8 aliphatic rings. The molecule has 8 aliphatic heterocycles. The van der Waals surface area contributed by atoms with Gasteiger partial charge in [0.15, 0.2) is 28.2 Å². The number of carbonyl (C=O) groups is 6. The van der Waals surface area contributed by atoms with Gasteiger partial charge >= 0.3 is 6.03 Å². The molecule has 1 aromatic heterocycles. The molecule has 12 rings (SSSR count). The summed E-state index contributed by atoms with van der Waals surface area (Å²) >= 11 is 0. The maximum atomic E-state index is 13.6. The van der Waals surface area contributed by atoms with Crippen molar-refractivity contribution in [2.75, 3.05) is 38.5 Å². The van der Waals surface area contributed by atoms with E-state index < -0.39 is 231 Å². The van der Waals surface area contributed by atoms with Crippen molar-refractivity contribution in [2.45, 2.75) is 226 Å². The minimum atomic E-state index is -1.78. The molecule has 7 unspecified atom stereocenters. The van der Waals surface area contributed by atoms with E-state index in [0.717, 1.165) is 24.0 Å². The van der Waals surface area contributed by atoms with Crippen LogP contribution in [0.1, 0.15) is 90.4 Å². The van der Waals surface area contributed by atoms with Crippen molar-refractivity contribution in [2.24, 2.45) is 5.41 Å². The Morgan fingerprint density at radius 3 is 1.49 bits per heavy atom. The zero-order valence-electron chi connectivity index (χ0n) is 62.3. The third kappa shape index (κ3) is 17.1. The van der Waals surface area contributed by atoms with Gasteiger partial charge in [-0.3, -0.25) is 28.8 Å². The van der Waals surface area contributed by atoms with E-state index in [1.54, 1.807) is 68.4 Å². The summed E-state index contributed by atoms with van der Waals surface area (Å²) in [6.45, 7) is 6.74. The number of phenolic OH excluding ortho intramolecular Hbond substituents is 2. The van der Waals surface area contributed by atoms with Gasteiger partial charge in [-0.25, -0.2) is 14.8 Å². The number of Topliss-reactive ketones (excluding diaryl/α,β-unsaturated/α-hetero) is 3. The van der Waals surface area contributed by atoms with E-state index in [0.29, 0.717) is 36.2 Å². The van der Waals surface area contributed by atoms with Gasteiger partial charge in [-0.15, -0.1) is 0 Å². The number of amides is 4. The van der Waals surface area contributed by atoms with Crippen LogP contribution in [0.3, 0.4) is 0 Å². The van der Waals surface area contributed by atoms with Crippen LogP contribution < -0.4 is 26.4 Å². The highest BCUT2D eigenvalue weighted by Gasteiger charge is 2.67. The van der Waals surface area contributed by atoms with E-state index in [4.69, 9.17) is 28.1 Å². The van der Waals surface area contributed by atoms with E-state index in [1.807, 2.05) is 13.0 Å². The summed E-state index contributed by atoms with van der Waals surface area (Å²) in [6.07, 6.45) is -31.7. The minimum Gasteiger partial charge on any atom is -0.507 e. The van der Waals surface area contributed by atoms with E-state index in [9.17, 15) is 136 Å². The highest BCUT2D eigenvalue weighted by Crippen LogP contribution is 2.48. The predicted molar refractivity (Wildman–Crippen MR) is 386 cm³/mol. The van der Waals surface area contributed by atoms with Crippen molar-refractivity contribution in [3.05, 3.63) is 134 Å². The van der Waals surface area contributed by atoms with Gasteiger partial charge < -0.3 is 146 Å². The number of nitrogens with zero attached hydrogens (tertiary/aromatic N) is 2. The molecule has 0 radical (unpaired) electrons. The number of urea groups is 1. The lowest BCUT2D eigenvalue weighted by Crippen LogP contribution is -2.67. The average Bonchev–Trinajstić information content (AvgIpc) is 1.58. The van der Waals surface area contributed by atoms with Crippen LogP contribution in [-0.2, 0) is 47.7 Å². The lowest BCUT2D eigenvalue weighted by atomic mass is 9.71. The number of allylic oxidation sites excluding steroid dienone is 3. The van der Waals surface area contributed by atoms with Crippen LogP contribution in [0.15, 0.2) is 122 Å². The average molecular weight is 1600 g/mol. The predicted octanol–water partition coefficient (Wildman–Crippen LogP) is -5.68. The molecular weight excluding hydrogens is 1500 g/mol. The Morgan fingerprint density at radius 2 is 0.973 bits per heavy atom. The number of aromatic hydroxyl groups is 2.